The molecule has 1 rings (SSSR count). The van der Waals surface area contributed by atoms with E-state index < -0.39 is 0 Å². The van der Waals surface area contributed by atoms with Crippen LogP contribution in [0, 0.1) is 0 Å². The van der Waals surface area contributed by atoms with E-state index in [1.807, 2.05) is 6.20 Å². The molecule has 68 valence electrons. The highest BCUT2D eigenvalue weighted by Gasteiger charge is 2.03. The third-order valence-electron chi connectivity index (χ3n) is 1.74. The monoisotopic (exact) mass is 185 g/mol. The van der Waals surface area contributed by atoms with Crippen LogP contribution in [0.5, 0.6) is 0 Å². The first kappa shape index (κ1) is 9.64. The molecule has 3 nitrogen and oxygen atoms in total. The fraction of sp³-hybridized carbons (Fsp3) is 0.625. The van der Waals surface area contributed by atoms with Crippen LogP contribution in [-0.2, 0) is 13.0 Å². The third kappa shape index (κ3) is 2.55. The highest BCUT2D eigenvalue weighted by atomic mass is 32.1. The Morgan fingerprint density at radius 2 is 2.33 bits per heavy atom. The fourth-order valence-electron chi connectivity index (χ4n) is 0.982. The van der Waals surface area contributed by atoms with Crippen molar-refractivity contribution in [3.05, 3.63) is 16.6 Å². The molecule has 1 heterocycles. The van der Waals surface area contributed by atoms with E-state index in [1.54, 1.807) is 11.5 Å². The highest BCUT2D eigenvalue weighted by molar-refractivity contribution is 7.05. The van der Waals surface area contributed by atoms with E-state index in [1.165, 1.54) is 10.4 Å². The molecule has 0 atom stereocenters. The number of aromatic nitrogens is 1. The molecule has 0 fully saturated rings. The molecule has 4 heteroatoms. The van der Waals surface area contributed by atoms with Crippen molar-refractivity contribution in [2.75, 3.05) is 20.6 Å². The Bertz CT molecular complexity index is 232. The van der Waals surface area contributed by atoms with E-state index in [0.29, 0.717) is 6.54 Å². The van der Waals surface area contributed by atoms with Crippen LogP contribution in [-0.4, -0.2) is 29.9 Å². The first-order valence-corrected chi connectivity index (χ1v) is 4.78. The molecule has 1 aromatic rings. The normalized spacial score (nSPS) is 11.0. The molecule has 0 unspecified atom stereocenters. The zero-order valence-electron chi connectivity index (χ0n) is 7.58. The Morgan fingerprint density at radius 3 is 2.92 bits per heavy atom. The number of hydrogen-bond donors (Lipinski definition) is 1. The van der Waals surface area contributed by atoms with Gasteiger partial charge in [-0.2, -0.15) is 0 Å². The van der Waals surface area contributed by atoms with Crippen molar-refractivity contribution < 1.29 is 0 Å². The van der Waals surface area contributed by atoms with Gasteiger partial charge in [-0.3, -0.25) is 0 Å². The molecule has 0 amide bonds. The Kier molecular flexibility index (Phi) is 3.65. The van der Waals surface area contributed by atoms with Crippen molar-refractivity contribution in [1.82, 2.24) is 9.27 Å². The largest absolute Gasteiger partial charge is 0.326 e. The van der Waals surface area contributed by atoms with Gasteiger partial charge in [0.15, 0.2) is 0 Å². The lowest BCUT2D eigenvalue weighted by Gasteiger charge is -2.07. The average molecular weight is 185 g/mol. The second kappa shape index (κ2) is 4.54. The van der Waals surface area contributed by atoms with Gasteiger partial charge in [-0.05, 0) is 37.6 Å². The van der Waals surface area contributed by atoms with Crippen molar-refractivity contribution >= 4 is 11.5 Å². The maximum Gasteiger partial charge on any atom is 0.0454 e. The van der Waals surface area contributed by atoms with Crippen molar-refractivity contribution in [1.29, 1.82) is 0 Å². The molecule has 0 spiro atoms. The van der Waals surface area contributed by atoms with Gasteiger partial charge in [0, 0.05) is 24.2 Å². The van der Waals surface area contributed by atoms with Crippen molar-refractivity contribution in [3.63, 3.8) is 0 Å². The van der Waals surface area contributed by atoms with Crippen LogP contribution in [0.1, 0.15) is 10.4 Å². The van der Waals surface area contributed by atoms with E-state index in [9.17, 15) is 0 Å². The third-order valence-corrected chi connectivity index (χ3v) is 2.63. The van der Waals surface area contributed by atoms with Crippen LogP contribution in [0.2, 0.25) is 0 Å². The molecular weight excluding hydrogens is 170 g/mol. The molecule has 0 aromatic carbocycles. The molecule has 1 aromatic heterocycles. The SMILES string of the molecule is CN(C)CCc1sncc1CN. The first-order chi connectivity index (χ1) is 5.74. The van der Waals surface area contributed by atoms with Gasteiger partial charge in [-0.15, -0.1) is 0 Å². The Balaban J connectivity index is 2.50. The summed E-state index contributed by atoms with van der Waals surface area (Å²) in [4.78, 5) is 3.49. The summed E-state index contributed by atoms with van der Waals surface area (Å²) in [7, 11) is 4.15. The maximum atomic E-state index is 5.55. The molecule has 0 aliphatic rings. The van der Waals surface area contributed by atoms with Gasteiger partial charge >= 0.3 is 0 Å². The van der Waals surface area contributed by atoms with Gasteiger partial charge in [0.05, 0.1) is 0 Å². The van der Waals surface area contributed by atoms with Crippen molar-refractivity contribution in [2.24, 2.45) is 5.73 Å². The van der Waals surface area contributed by atoms with Gasteiger partial charge in [-0.25, -0.2) is 4.37 Å². The lowest BCUT2D eigenvalue weighted by Crippen LogP contribution is -2.15. The minimum absolute atomic E-state index is 0.610. The summed E-state index contributed by atoms with van der Waals surface area (Å²) in [5, 5.41) is 0. The molecule has 0 aliphatic heterocycles. The molecule has 0 saturated carbocycles. The molecular formula is C8H15N3S. The lowest BCUT2D eigenvalue weighted by atomic mass is 10.2. The number of nitrogens with zero attached hydrogens (tertiary/aromatic N) is 2. The predicted molar refractivity (Wildman–Crippen MR) is 52.3 cm³/mol. The van der Waals surface area contributed by atoms with Crippen LogP contribution < -0.4 is 5.73 Å². The summed E-state index contributed by atoms with van der Waals surface area (Å²) in [5.41, 5.74) is 6.75. The minimum Gasteiger partial charge on any atom is -0.326 e. The summed E-state index contributed by atoms with van der Waals surface area (Å²) < 4.78 is 4.11. The van der Waals surface area contributed by atoms with E-state index in [2.05, 4.69) is 23.4 Å². The van der Waals surface area contributed by atoms with Gasteiger partial charge < -0.3 is 10.6 Å². The van der Waals surface area contributed by atoms with Gasteiger partial charge in [-0.1, -0.05) is 0 Å². The summed E-state index contributed by atoms with van der Waals surface area (Å²) >= 11 is 1.56. The number of rotatable bonds is 4. The molecule has 0 aliphatic carbocycles. The topological polar surface area (TPSA) is 42.2 Å². The van der Waals surface area contributed by atoms with Gasteiger partial charge in [0.1, 0.15) is 0 Å². The van der Waals surface area contributed by atoms with Gasteiger partial charge in [0.25, 0.3) is 0 Å². The summed E-state index contributed by atoms with van der Waals surface area (Å²) in [5.74, 6) is 0. The Labute approximate surface area is 77.4 Å². The minimum atomic E-state index is 0.610. The smallest absolute Gasteiger partial charge is 0.0454 e. The van der Waals surface area contributed by atoms with Crippen LogP contribution in [0.4, 0.5) is 0 Å². The van der Waals surface area contributed by atoms with Crippen LogP contribution >= 0.6 is 11.5 Å². The number of nitrogens with two attached hydrogens (primary N) is 1. The van der Waals surface area contributed by atoms with E-state index >= 15 is 0 Å². The van der Waals surface area contributed by atoms with E-state index in [0.717, 1.165) is 13.0 Å². The van der Waals surface area contributed by atoms with Crippen LogP contribution in [0.3, 0.4) is 0 Å². The zero-order valence-corrected chi connectivity index (χ0v) is 8.40. The van der Waals surface area contributed by atoms with E-state index in [-0.39, 0.29) is 0 Å². The molecule has 0 saturated heterocycles. The quantitative estimate of drug-likeness (QED) is 0.751. The molecule has 0 radical (unpaired) electrons. The summed E-state index contributed by atoms with van der Waals surface area (Å²) in [6, 6.07) is 0. The predicted octanol–water partition coefficient (Wildman–Crippen LogP) is 0.706. The summed E-state index contributed by atoms with van der Waals surface area (Å²) in [6.45, 7) is 1.68. The Hall–Kier alpha value is -0.450. The Morgan fingerprint density at radius 1 is 1.58 bits per heavy atom. The molecule has 2 N–H and O–H groups in total. The fourth-order valence-corrected chi connectivity index (χ4v) is 1.73. The van der Waals surface area contributed by atoms with E-state index in [4.69, 9.17) is 5.73 Å². The standard InChI is InChI=1S/C8H15N3S/c1-11(2)4-3-8-7(5-9)6-10-12-8/h6H,3-5,9H2,1-2H3. The average Bonchev–Trinajstić information content (AvgIpc) is 2.47. The summed E-state index contributed by atoms with van der Waals surface area (Å²) in [6.07, 6.45) is 2.93. The second-order valence-corrected chi connectivity index (χ2v) is 3.92. The highest BCUT2D eigenvalue weighted by Crippen LogP contribution is 2.13. The second-order valence-electron chi connectivity index (χ2n) is 3.03. The molecule has 0 bridgehead atoms. The number of likely N-dealkylation sites (N-methyl/N-ethyl adjacent to an activating group) is 1. The molecule has 12 heavy (non-hydrogen) atoms. The maximum absolute atomic E-state index is 5.55. The van der Waals surface area contributed by atoms with Gasteiger partial charge in [0.2, 0.25) is 0 Å². The zero-order chi connectivity index (χ0) is 8.97. The van der Waals surface area contributed by atoms with Crippen LogP contribution in [0.25, 0.3) is 0 Å². The van der Waals surface area contributed by atoms with Crippen molar-refractivity contribution in [2.45, 2.75) is 13.0 Å². The number of hydrogen-bond acceptors (Lipinski definition) is 4. The lowest BCUT2D eigenvalue weighted by molar-refractivity contribution is 0.414. The van der Waals surface area contributed by atoms with Crippen molar-refractivity contribution in [3.8, 4) is 0 Å². The first-order valence-electron chi connectivity index (χ1n) is 4.01. The van der Waals surface area contributed by atoms with Crippen LogP contribution in [0.15, 0.2) is 6.20 Å².